The van der Waals surface area contributed by atoms with Crippen LogP contribution in [0.4, 0.5) is 23.3 Å². The topological polar surface area (TPSA) is 111 Å². The molecule has 2 N–H and O–H groups in total. The van der Waals surface area contributed by atoms with E-state index < -0.39 is 4.92 Å². The minimum atomic E-state index is -0.463. The number of ether oxygens (including phenoxy) is 1. The van der Waals surface area contributed by atoms with E-state index in [4.69, 9.17) is 10.5 Å². The van der Waals surface area contributed by atoms with Crippen molar-refractivity contribution in [1.82, 2.24) is 9.97 Å². The first-order valence-electron chi connectivity index (χ1n) is 10.9. The zero-order chi connectivity index (χ0) is 22.0. The minimum Gasteiger partial charge on any atom is -0.378 e. The SMILES string of the molecule is C[C@@H]1CN(c2nc(N)c([N+](=O)[O-])c(N3CCC(Cc4ccccc4)CC3)n2)C[C@@H](C)O1. The number of nitrogens with two attached hydrogens (primary N) is 1. The van der Waals surface area contributed by atoms with Crippen LogP contribution in [0.2, 0.25) is 0 Å². The Morgan fingerprint density at radius 3 is 2.35 bits per heavy atom. The van der Waals surface area contributed by atoms with Crippen molar-refractivity contribution in [3.8, 4) is 0 Å². The maximum atomic E-state index is 11.8. The quantitative estimate of drug-likeness (QED) is 0.574. The lowest BCUT2D eigenvalue weighted by Gasteiger charge is -2.36. The number of nitrogen functional groups attached to an aromatic ring is 1. The summed E-state index contributed by atoms with van der Waals surface area (Å²) in [4.78, 5) is 24.2. The molecule has 1 aromatic carbocycles. The first kappa shape index (κ1) is 21.3. The molecular formula is C22H30N6O3. The van der Waals surface area contributed by atoms with Gasteiger partial charge < -0.3 is 20.3 Å². The fourth-order valence-electron chi connectivity index (χ4n) is 4.62. The van der Waals surface area contributed by atoms with Crippen molar-refractivity contribution >= 4 is 23.3 Å². The van der Waals surface area contributed by atoms with Crippen molar-refractivity contribution in [3.63, 3.8) is 0 Å². The van der Waals surface area contributed by atoms with Crippen LogP contribution >= 0.6 is 0 Å². The summed E-state index contributed by atoms with van der Waals surface area (Å²) in [5.41, 5.74) is 7.19. The van der Waals surface area contributed by atoms with Crippen molar-refractivity contribution in [3.05, 3.63) is 46.0 Å². The summed E-state index contributed by atoms with van der Waals surface area (Å²) in [6, 6.07) is 10.5. The highest BCUT2D eigenvalue weighted by Gasteiger charge is 2.32. The lowest BCUT2D eigenvalue weighted by Crippen LogP contribution is -2.46. The standard InChI is InChI=1S/C22H30N6O3/c1-15-13-27(14-16(2)31-15)22-24-20(23)19(28(29)30)21(25-22)26-10-8-18(9-11-26)12-17-6-4-3-5-7-17/h3-7,15-16,18H,8-14H2,1-2H3,(H2,23,24,25)/t15-,16-/m1/s1. The highest BCUT2D eigenvalue weighted by molar-refractivity contribution is 5.71. The summed E-state index contributed by atoms with van der Waals surface area (Å²) in [5.74, 6) is 1.24. The highest BCUT2D eigenvalue weighted by Crippen LogP contribution is 2.36. The van der Waals surface area contributed by atoms with E-state index in [-0.39, 0.29) is 23.7 Å². The maximum Gasteiger partial charge on any atom is 0.353 e. The maximum absolute atomic E-state index is 11.8. The van der Waals surface area contributed by atoms with Crippen molar-refractivity contribution in [2.75, 3.05) is 41.7 Å². The van der Waals surface area contributed by atoms with Gasteiger partial charge in [-0.25, -0.2) is 0 Å². The fourth-order valence-corrected chi connectivity index (χ4v) is 4.62. The molecule has 1 aromatic heterocycles. The Hall–Kier alpha value is -2.94. The van der Waals surface area contributed by atoms with E-state index in [1.54, 1.807) is 0 Å². The third-order valence-corrected chi connectivity index (χ3v) is 6.05. The predicted octanol–water partition coefficient (Wildman–Crippen LogP) is 3.04. The number of nitro groups is 1. The molecule has 0 amide bonds. The van der Waals surface area contributed by atoms with Crippen LogP contribution in [-0.2, 0) is 11.2 Å². The van der Waals surface area contributed by atoms with Crippen LogP contribution < -0.4 is 15.5 Å². The second-order valence-electron chi connectivity index (χ2n) is 8.62. The average Bonchev–Trinajstić information content (AvgIpc) is 2.73. The zero-order valence-electron chi connectivity index (χ0n) is 18.1. The first-order valence-corrected chi connectivity index (χ1v) is 10.9. The molecule has 166 valence electrons. The number of aromatic nitrogens is 2. The Kier molecular flexibility index (Phi) is 6.22. The molecule has 9 nitrogen and oxygen atoms in total. The van der Waals surface area contributed by atoms with Gasteiger partial charge in [-0.2, -0.15) is 9.97 Å². The Morgan fingerprint density at radius 2 is 1.74 bits per heavy atom. The van der Waals surface area contributed by atoms with Gasteiger partial charge in [0.1, 0.15) is 0 Å². The molecule has 31 heavy (non-hydrogen) atoms. The summed E-state index contributed by atoms with van der Waals surface area (Å²) >= 11 is 0. The third-order valence-electron chi connectivity index (χ3n) is 6.05. The molecule has 2 fully saturated rings. The molecule has 2 saturated heterocycles. The predicted molar refractivity (Wildman–Crippen MR) is 120 cm³/mol. The number of hydrogen-bond acceptors (Lipinski definition) is 8. The van der Waals surface area contributed by atoms with E-state index in [2.05, 4.69) is 34.2 Å². The van der Waals surface area contributed by atoms with Crippen LogP contribution in [0.3, 0.4) is 0 Å². The van der Waals surface area contributed by atoms with Crippen LogP contribution in [0, 0.1) is 16.0 Å². The highest BCUT2D eigenvalue weighted by atomic mass is 16.6. The number of benzene rings is 1. The molecule has 3 heterocycles. The average molecular weight is 427 g/mol. The largest absolute Gasteiger partial charge is 0.378 e. The Labute approximate surface area is 182 Å². The molecule has 0 radical (unpaired) electrons. The summed E-state index contributed by atoms with van der Waals surface area (Å²) in [5, 5.41) is 11.8. The monoisotopic (exact) mass is 426 g/mol. The van der Waals surface area contributed by atoms with Gasteiger partial charge >= 0.3 is 5.69 Å². The van der Waals surface area contributed by atoms with Gasteiger partial charge in [-0.05, 0) is 44.6 Å². The van der Waals surface area contributed by atoms with Gasteiger partial charge in [0.15, 0.2) is 0 Å². The van der Waals surface area contributed by atoms with Gasteiger partial charge in [0, 0.05) is 26.2 Å². The van der Waals surface area contributed by atoms with E-state index in [1.807, 2.05) is 29.7 Å². The molecule has 2 atom stereocenters. The normalized spacial score (nSPS) is 22.5. The molecule has 2 aliphatic rings. The van der Waals surface area contributed by atoms with Crippen LogP contribution in [0.5, 0.6) is 0 Å². The molecule has 4 rings (SSSR count). The van der Waals surface area contributed by atoms with E-state index in [0.717, 1.165) is 19.3 Å². The molecule has 0 spiro atoms. The molecular weight excluding hydrogens is 396 g/mol. The zero-order valence-corrected chi connectivity index (χ0v) is 18.1. The van der Waals surface area contributed by atoms with Gasteiger partial charge in [0.2, 0.25) is 17.6 Å². The number of piperidine rings is 1. The van der Waals surface area contributed by atoms with E-state index in [0.29, 0.717) is 43.9 Å². The van der Waals surface area contributed by atoms with Crippen molar-refractivity contribution in [2.24, 2.45) is 5.92 Å². The van der Waals surface area contributed by atoms with E-state index >= 15 is 0 Å². The molecule has 0 unspecified atom stereocenters. The molecule has 9 heteroatoms. The summed E-state index contributed by atoms with van der Waals surface area (Å²) in [7, 11) is 0. The van der Waals surface area contributed by atoms with Crippen molar-refractivity contribution in [2.45, 2.75) is 45.3 Å². The van der Waals surface area contributed by atoms with Crippen LogP contribution in [0.15, 0.2) is 30.3 Å². The van der Waals surface area contributed by atoms with E-state index in [1.165, 1.54) is 5.56 Å². The first-order chi connectivity index (χ1) is 14.9. The summed E-state index contributed by atoms with van der Waals surface area (Å²) in [6.45, 7) is 6.67. The van der Waals surface area contributed by atoms with Gasteiger partial charge in [-0.3, -0.25) is 10.1 Å². The van der Waals surface area contributed by atoms with Crippen molar-refractivity contribution < 1.29 is 9.66 Å². The number of rotatable bonds is 5. The number of anilines is 3. The van der Waals surface area contributed by atoms with Crippen molar-refractivity contribution in [1.29, 1.82) is 0 Å². The third kappa shape index (κ3) is 4.87. The van der Waals surface area contributed by atoms with Gasteiger partial charge in [-0.1, -0.05) is 30.3 Å². The Balaban J connectivity index is 1.54. The lowest BCUT2D eigenvalue weighted by atomic mass is 9.90. The van der Waals surface area contributed by atoms with Gasteiger partial charge in [0.05, 0.1) is 17.1 Å². The van der Waals surface area contributed by atoms with Crippen LogP contribution in [0.25, 0.3) is 0 Å². The van der Waals surface area contributed by atoms with E-state index in [9.17, 15) is 10.1 Å². The molecule has 0 saturated carbocycles. The lowest BCUT2D eigenvalue weighted by molar-refractivity contribution is -0.383. The second kappa shape index (κ2) is 9.05. The molecule has 0 aliphatic carbocycles. The van der Waals surface area contributed by atoms with Gasteiger partial charge in [0.25, 0.3) is 0 Å². The molecule has 2 aromatic rings. The number of morpholine rings is 1. The van der Waals surface area contributed by atoms with Gasteiger partial charge in [-0.15, -0.1) is 0 Å². The number of hydrogen-bond donors (Lipinski definition) is 1. The number of nitrogens with zero attached hydrogens (tertiary/aromatic N) is 5. The summed E-state index contributed by atoms with van der Waals surface area (Å²) < 4.78 is 5.79. The Bertz CT molecular complexity index is 907. The summed E-state index contributed by atoms with van der Waals surface area (Å²) in [6.07, 6.45) is 2.99. The Morgan fingerprint density at radius 1 is 1.10 bits per heavy atom. The molecule has 0 bridgehead atoms. The minimum absolute atomic E-state index is 0.0287. The van der Waals surface area contributed by atoms with Crippen LogP contribution in [-0.4, -0.2) is 53.3 Å². The fraction of sp³-hybridized carbons (Fsp3) is 0.545. The smallest absolute Gasteiger partial charge is 0.353 e. The van der Waals surface area contributed by atoms with Crippen LogP contribution in [0.1, 0.15) is 32.3 Å². The second-order valence-corrected chi connectivity index (χ2v) is 8.62. The molecule has 2 aliphatic heterocycles.